The van der Waals surface area contributed by atoms with Gasteiger partial charge in [-0.05, 0) is 32.1 Å². The number of hydrogen-bond donors (Lipinski definition) is 2. The second-order valence-corrected chi connectivity index (χ2v) is 5.63. The van der Waals surface area contributed by atoms with Crippen molar-refractivity contribution in [3.05, 3.63) is 34.6 Å². The Morgan fingerprint density at radius 2 is 2.22 bits per heavy atom. The minimum atomic E-state index is -0.226. The lowest BCUT2D eigenvalue weighted by molar-refractivity contribution is 0.184. The zero-order valence-corrected chi connectivity index (χ0v) is 11.0. The van der Waals surface area contributed by atoms with Crippen molar-refractivity contribution in [3.8, 4) is 0 Å². The Morgan fingerprint density at radius 3 is 3.00 bits per heavy atom. The molecule has 0 saturated carbocycles. The van der Waals surface area contributed by atoms with E-state index in [1.54, 1.807) is 12.1 Å². The zero-order valence-electron chi connectivity index (χ0n) is 10.3. The van der Waals surface area contributed by atoms with Crippen molar-refractivity contribution in [3.63, 3.8) is 0 Å². The molecule has 3 unspecified atom stereocenters. The maximum Gasteiger partial charge on any atom is 0.129 e. The molecule has 0 spiro atoms. The van der Waals surface area contributed by atoms with Crippen LogP contribution in [0.2, 0.25) is 5.02 Å². The van der Waals surface area contributed by atoms with Gasteiger partial charge in [0.05, 0.1) is 6.04 Å². The molecule has 2 heterocycles. The molecule has 98 valence electrons. The van der Waals surface area contributed by atoms with Crippen LogP contribution in [-0.2, 0) is 0 Å². The number of nitrogens with zero attached hydrogens (tertiary/aromatic N) is 1. The highest BCUT2D eigenvalue weighted by Crippen LogP contribution is 2.37. The summed E-state index contributed by atoms with van der Waals surface area (Å²) in [6.45, 7) is 2.04. The predicted octanol–water partition coefficient (Wildman–Crippen LogP) is 1.95. The third-order valence-electron chi connectivity index (χ3n) is 4.02. The summed E-state index contributed by atoms with van der Waals surface area (Å²) in [5.74, 6) is 0.133. The SMILES string of the molecule is CN1CCC2NNC(c3c(F)cccc3Cl)C2C1. The van der Waals surface area contributed by atoms with Crippen molar-refractivity contribution in [2.45, 2.75) is 18.5 Å². The van der Waals surface area contributed by atoms with Crippen molar-refractivity contribution in [2.75, 3.05) is 20.1 Å². The van der Waals surface area contributed by atoms with Crippen molar-refractivity contribution in [2.24, 2.45) is 5.92 Å². The number of hydrazine groups is 1. The number of piperidine rings is 1. The van der Waals surface area contributed by atoms with Gasteiger partial charge in [0.1, 0.15) is 5.82 Å². The lowest BCUT2D eigenvalue weighted by Gasteiger charge is -2.34. The highest BCUT2D eigenvalue weighted by molar-refractivity contribution is 6.31. The van der Waals surface area contributed by atoms with Gasteiger partial charge in [0.25, 0.3) is 0 Å². The molecule has 2 fully saturated rings. The normalized spacial score (nSPS) is 32.5. The van der Waals surface area contributed by atoms with E-state index in [0.717, 1.165) is 19.5 Å². The predicted molar refractivity (Wildman–Crippen MR) is 69.8 cm³/mol. The van der Waals surface area contributed by atoms with Gasteiger partial charge in [-0.1, -0.05) is 17.7 Å². The first kappa shape index (κ1) is 12.4. The molecule has 0 bridgehead atoms. The largest absolute Gasteiger partial charge is 0.306 e. The number of nitrogens with one attached hydrogen (secondary N) is 2. The number of hydrogen-bond acceptors (Lipinski definition) is 3. The van der Waals surface area contributed by atoms with E-state index in [1.165, 1.54) is 6.07 Å². The number of fused-ring (bicyclic) bond motifs is 1. The smallest absolute Gasteiger partial charge is 0.129 e. The summed E-state index contributed by atoms with van der Waals surface area (Å²) >= 11 is 6.16. The van der Waals surface area contributed by atoms with Crippen LogP contribution in [0.4, 0.5) is 4.39 Å². The molecular weight excluding hydrogens is 253 g/mol. The maximum atomic E-state index is 14.0. The number of halogens is 2. The second kappa shape index (κ2) is 4.78. The molecule has 0 aromatic heterocycles. The first-order valence-electron chi connectivity index (χ1n) is 6.30. The summed E-state index contributed by atoms with van der Waals surface area (Å²) in [6, 6.07) is 5.23. The summed E-state index contributed by atoms with van der Waals surface area (Å²) < 4.78 is 14.0. The van der Waals surface area contributed by atoms with Crippen LogP contribution in [0.5, 0.6) is 0 Å². The molecular formula is C13H17ClFN3. The monoisotopic (exact) mass is 269 g/mol. The first-order valence-corrected chi connectivity index (χ1v) is 6.68. The highest BCUT2D eigenvalue weighted by Gasteiger charge is 2.41. The molecule has 3 nitrogen and oxygen atoms in total. The Balaban J connectivity index is 1.92. The van der Waals surface area contributed by atoms with Gasteiger partial charge in [-0.3, -0.25) is 5.43 Å². The molecule has 1 aromatic rings. The summed E-state index contributed by atoms with van der Waals surface area (Å²) in [7, 11) is 2.11. The topological polar surface area (TPSA) is 27.3 Å². The Labute approximate surface area is 111 Å². The molecule has 1 aromatic carbocycles. The molecule has 5 heteroatoms. The minimum absolute atomic E-state index is 0.0496. The molecule has 2 aliphatic rings. The van der Waals surface area contributed by atoms with Crippen LogP contribution in [-0.4, -0.2) is 31.1 Å². The summed E-state index contributed by atoms with van der Waals surface area (Å²) in [5, 5.41) is 0.503. The van der Waals surface area contributed by atoms with E-state index in [-0.39, 0.29) is 11.9 Å². The molecule has 0 amide bonds. The average Bonchev–Trinajstić information content (AvgIpc) is 2.72. The van der Waals surface area contributed by atoms with E-state index in [9.17, 15) is 4.39 Å². The number of rotatable bonds is 1. The third kappa shape index (κ3) is 2.03. The average molecular weight is 270 g/mol. The fourth-order valence-electron chi connectivity index (χ4n) is 3.07. The van der Waals surface area contributed by atoms with Crippen LogP contribution in [0.25, 0.3) is 0 Å². The van der Waals surface area contributed by atoms with Gasteiger partial charge < -0.3 is 4.90 Å². The van der Waals surface area contributed by atoms with E-state index in [1.807, 2.05) is 0 Å². The van der Waals surface area contributed by atoms with E-state index in [2.05, 4.69) is 22.8 Å². The molecule has 0 aliphatic carbocycles. The summed E-state index contributed by atoms with van der Waals surface area (Å²) in [4.78, 5) is 2.29. The minimum Gasteiger partial charge on any atom is -0.306 e. The third-order valence-corrected chi connectivity index (χ3v) is 4.35. The fraction of sp³-hybridized carbons (Fsp3) is 0.538. The Bertz CT molecular complexity index is 434. The van der Waals surface area contributed by atoms with Crippen molar-refractivity contribution >= 4 is 11.6 Å². The van der Waals surface area contributed by atoms with Gasteiger partial charge in [-0.15, -0.1) is 0 Å². The van der Waals surface area contributed by atoms with E-state index in [4.69, 9.17) is 11.6 Å². The van der Waals surface area contributed by atoms with Crippen molar-refractivity contribution in [1.29, 1.82) is 0 Å². The molecule has 3 rings (SSSR count). The van der Waals surface area contributed by atoms with Crippen LogP contribution in [0, 0.1) is 11.7 Å². The Morgan fingerprint density at radius 1 is 1.39 bits per heavy atom. The lowest BCUT2D eigenvalue weighted by Crippen LogP contribution is -2.43. The van der Waals surface area contributed by atoms with Crippen molar-refractivity contribution < 1.29 is 4.39 Å². The van der Waals surface area contributed by atoms with Crippen LogP contribution in [0.15, 0.2) is 18.2 Å². The Hall–Kier alpha value is -0.680. The molecule has 0 radical (unpaired) electrons. The molecule has 2 saturated heterocycles. The lowest BCUT2D eigenvalue weighted by atomic mass is 9.85. The summed E-state index contributed by atoms with van der Waals surface area (Å²) in [5.41, 5.74) is 7.09. The zero-order chi connectivity index (χ0) is 12.7. The van der Waals surface area contributed by atoms with Gasteiger partial charge in [-0.25, -0.2) is 9.82 Å². The van der Waals surface area contributed by atoms with Crippen molar-refractivity contribution in [1.82, 2.24) is 15.8 Å². The molecule has 18 heavy (non-hydrogen) atoms. The van der Waals surface area contributed by atoms with Crippen LogP contribution >= 0.6 is 11.6 Å². The maximum absolute atomic E-state index is 14.0. The first-order chi connectivity index (χ1) is 8.66. The van der Waals surface area contributed by atoms with E-state index < -0.39 is 0 Å². The number of benzene rings is 1. The van der Waals surface area contributed by atoms with Crippen LogP contribution in [0.1, 0.15) is 18.0 Å². The van der Waals surface area contributed by atoms with Gasteiger partial charge in [-0.2, -0.15) is 0 Å². The van der Waals surface area contributed by atoms with Gasteiger partial charge >= 0.3 is 0 Å². The quantitative estimate of drug-likeness (QED) is 0.816. The summed E-state index contributed by atoms with van der Waals surface area (Å²) in [6.07, 6.45) is 1.08. The van der Waals surface area contributed by atoms with Crippen LogP contribution < -0.4 is 10.9 Å². The van der Waals surface area contributed by atoms with E-state index in [0.29, 0.717) is 22.5 Å². The van der Waals surface area contributed by atoms with Gasteiger partial charge in [0, 0.05) is 29.1 Å². The molecule has 2 aliphatic heterocycles. The Kier molecular flexibility index (Phi) is 3.28. The fourth-order valence-corrected chi connectivity index (χ4v) is 3.35. The number of likely N-dealkylation sites (tertiary alicyclic amines) is 1. The highest BCUT2D eigenvalue weighted by atomic mass is 35.5. The van der Waals surface area contributed by atoms with E-state index >= 15 is 0 Å². The standard InChI is InChI=1S/C13H17ClFN3/c1-18-6-5-11-8(7-18)13(17-16-11)12-9(14)3-2-4-10(12)15/h2-4,8,11,13,16-17H,5-7H2,1H3. The van der Waals surface area contributed by atoms with Crippen LogP contribution in [0.3, 0.4) is 0 Å². The second-order valence-electron chi connectivity index (χ2n) is 5.22. The molecule has 2 N–H and O–H groups in total. The van der Waals surface area contributed by atoms with Gasteiger partial charge in [0.15, 0.2) is 0 Å². The van der Waals surface area contributed by atoms with Gasteiger partial charge in [0.2, 0.25) is 0 Å². The molecule has 3 atom stereocenters.